The van der Waals surface area contributed by atoms with Crippen molar-refractivity contribution < 1.29 is 19.0 Å². The molecule has 0 radical (unpaired) electrons. The third-order valence-corrected chi connectivity index (χ3v) is 4.59. The van der Waals surface area contributed by atoms with E-state index < -0.39 is 0 Å². The standard InChI is InChI=1S/C20H24N2O4/c1-4-26-19-10-7-14(13-21-19)20(23)22-11-5-6-17(22)16-12-15(24-2)8-9-18(16)25-3/h7-10,12-13,17H,4-6,11H2,1-3H3. The van der Waals surface area contributed by atoms with E-state index in [1.807, 2.05) is 30.0 Å². The molecule has 6 heteroatoms. The molecule has 1 aliphatic heterocycles. The smallest absolute Gasteiger partial charge is 0.255 e. The van der Waals surface area contributed by atoms with Crippen molar-refractivity contribution in [1.29, 1.82) is 0 Å². The van der Waals surface area contributed by atoms with E-state index in [1.54, 1.807) is 32.5 Å². The van der Waals surface area contributed by atoms with Gasteiger partial charge in [-0.2, -0.15) is 0 Å². The van der Waals surface area contributed by atoms with Gasteiger partial charge in [0, 0.05) is 24.4 Å². The first-order chi connectivity index (χ1) is 12.7. The number of amides is 1. The number of likely N-dealkylation sites (tertiary alicyclic amines) is 1. The number of methoxy groups -OCH3 is 2. The molecule has 3 rings (SSSR count). The fourth-order valence-electron chi connectivity index (χ4n) is 3.34. The number of benzene rings is 1. The largest absolute Gasteiger partial charge is 0.497 e. The van der Waals surface area contributed by atoms with E-state index in [1.165, 1.54) is 0 Å². The molecule has 0 bridgehead atoms. The Bertz CT molecular complexity index is 761. The molecule has 0 N–H and O–H groups in total. The van der Waals surface area contributed by atoms with Crippen LogP contribution in [0.25, 0.3) is 0 Å². The minimum absolute atomic E-state index is 0.0343. The van der Waals surface area contributed by atoms with Crippen LogP contribution in [0.4, 0.5) is 0 Å². The summed E-state index contributed by atoms with van der Waals surface area (Å²) in [6.45, 7) is 3.15. The number of carbonyl (C=O) groups excluding carboxylic acids is 1. The molecule has 0 saturated carbocycles. The Kier molecular flexibility index (Phi) is 5.61. The van der Waals surface area contributed by atoms with Gasteiger partial charge in [-0.3, -0.25) is 4.79 Å². The average molecular weight is 356 g/mol. The number of pyridine rings is 1. The van der Waals surface area contributed by atoms with E-state index in [0.717, 1.165) is 29.9 Å². The van der Waals surface area contributed by atoms with E-state index in [2.05, 4.69) is 4.98 Å². The fraction of sp³-hybridized carbons (Fsp3) is 0.400. The van der Waals surface area contributed by atoms with Crippen molar-refractivity contribution in [2.45, 2.75) is 25.8 Å². The van der Waals surface area contributed by atoms with Crippen LogP contribution < -0.4 is 14.2 Å². The van der Waals surface area contributed by atoms with Crippen molar-refractivity contribution in [3.8, 4) is 17.4 Å². The van der Waals surface area contributed by atoms with Gasteiger partial charge >= 0.3 is 0 Å². The number of rotatable bonds is 6. The van der Waals surface area contributed by atoms with Crippen molar-refractivity contribution >= 4 is 5.91 Å². The topological polar surface area (TPSA) is 60.9 Å². The summed E-state index contributed by atoms with van der Waals surface area (Å²) in [7, 11) is 3.28. The normalized spacial score (nSPS) is 16.4. The summed E-state index contributed by atoms with van der Waals surface area (Å²) in [4.78, 5) is 19.1. The summed E-state index contributed by atoms with van der Waals surface area (Å²) >= 11 is 0. The molecule has 0 spiro atoms. The van der Waals surface area contributed by atoms with Gasteiger partial charge in [-0.25, -0.2) is 4.98 Å². The highest BCUT2D eigenvalue weighted by Crippen LogP contribution is 2.39. The van der Waals surface area contributed by atoms with E-state index in [4.69, 9.17) is 14.2 Å². The fourth-order valence-corrected chi connectivity index (χ4v) is 3.34. The number of carbonyl (C=O) groups is 1. The highest BCUT2D eigenvalue weighted by molar-refractivity contribution is 5.94. The van der Waals surface area contributed by atoms with E-state index in [-0.39, 0.29) is 11.9 Å². The van der Waals surface area contributed by atoms with Crippen molar-refractivity contribution in [1.82, 2.24) is 9.88 Å². The molecule has 1 saturated heterocycles. The van der Waals surface area contributed by atoms with Gasteiger partial charge < -0.3 is 19.1 Å². The molecule has 26 heavy (non-hydrogen) atoms. The summed E-state index contributed by atoms with van der Waals surface area (Å²) in [6, 6.07) is 9.14. The zero-order valence-corrected chi connectivity index (χ0v) is 15.4. The highest BCUT2D eigenvalue weighted by Gasteiger charge is 2.32. The third kappa shape index (κ3) is 3.59. The predicted molar refractivity (Wildman–Crippen MR) is 98.0 cm³/mol. The number of hydrogen-bond acceptors (Lipinski definition) is 5. The first kappa shape index (κ1) is 18.0. The highest BCUT2D eigenvalue weighted by atomic mass is 16.5. The van der Waals surface area contributed by atoms with Gasteiger partial charge in [-0.05, 0) is 44.0 Å². The maximum absolute atomic E-state index is 13.0. The molecule has 1 aliphatic rings. The minimum Gasteiger partial charge on any atom is -0.497 e. The molecule has 138 valence electrons. The molecule has 2 heterocycles. The summed E-state index contributed by atoms with van der Waals surface area (Å²) < 4.78 is 16.2. The van der Waals surface area contributed by atoms with Crippen LogP contribution in [0.2, 0.25) is 0 Å². The lowest BCUT2D eigenvalue weighted by atomic mass is 10.0. The summed E-state index contributed by atoms with van der Waals surface area (Å²) in [6.07, 6.45) is 3.41. The van der Waals surface area contributed by atoms with Crippen LogP contribution in [0.15, 0.2) is 36.5 Å². The molecule has 6 nitrogen and oxygen atoms in total. The summed E-state index contributed by atoms with van der Waals surface area (Å²) in [5.74, 6) is 2.01. The number of ether oxygens (including phenoxy) is 3. The molecule has 2 aromatic rings. The molecular weight excluding hydrogens is 332 g/mol. The minimum atomic E-state index is -0.0425. The van der Waals surface area contributed by atoms with Gasteiger partial charge in [-0.1, -0.05) is 0 Å². The van der Waals surface area contributed by atoms with Crippen molar-refractivity contribution in [3.05, 3.63) is 47.7 Å². The van der Waals surface area contributed by atoms with Gasteiger partial charge in [0.25, 0.3) is 5.91 Å². The van der Waals surface area contributed by atoms with Crippen LogP contribution in [0.1, 0.15) is 41.7 Å². The average Bonchev–Trinajstić information content (AvgIpc) is 3.17. The predicted octanol–water partition coefficient (Wildman–Crippen LogP) is 3.47. The Hall–Kier alpha value is -2.76. The first-order valence-corrected chi connectivity index (χ1v) is 8.79. The van der Waals surface area contributed by atoms with E-state index in [0.29, 0.717) is 24.6 Å². The van der Waals surface area contributed by atoms with Gasteiger partial charge in [0.2, 0.25) is 5.88 Å². The molecular formula is C20H24N2O4. The molecule has 1 aromatic heterocycles. The van der Waals surface area contributed by atoms with Crippen LogP contribution in [-0.4, -0.2) is 43.2 Å². The van der Waals surface area contributed by atoms with Gasteiger partial charge in [0.1, 0.15) is 11.5 Å². The zero-order chi connectivity index (χ0) is 18.5. The van der Waals surface area contributed by atoms with Gasteiger partial charge in [-0.15, -0.1) is 0 Å². The maximum atomic E-state index is 13.0. The lowest BCUT2D eigenvalue weighted by molar-refractivity contribution is 0.0733. The van der Waals surface area contributed by atoms with Gasteiger partial charge in [0.05, 0.1) is 32.4 Å². The van der Waals surface area contributed by atoms with Crippen molar-refractivity contribution in [2.24, 2.45) is 0 Å². The molecule has 1 atom stereocenters. The Morgan fingerprint density at radius 3 is 2.73 bits per heavy atom. The molecule has 1 fully saturated rings. The van der Waals surface area contributed by atoms with E-state index in [9.17, 15) is 4.79 Å². The molecule has 1 unspecified atom stereocenters. The lowest BCUT2D eigenvalue weighted by Crippen LogP contribution is -2.30. The second-order valence-electron chi connectivity index (χ2n) is 6.08. The van der Waals surface area contributed by atoms with Crippen LogP contribution in [0.3, 0.4) is 0 Å². The Labute approximate surface area is 153 Å². The van der Waals surface area contributed by atoms with E-state index >= 15 is 0 Å². The van der Waals surface area contributed by atoms with Crippen LogP contribution in [-0.2, 0) is 0 Å². The Morgan fingerprint density at radius 2 is 2.08 bits per heavy atom. The second-order valence-corrected chi connectivity index (χ2v) is 6.08. The van der Waals surface area contributed by atoms with Crippen LogP contribution >= 0.6 is 0 Å². The molecule has 1 amide bonds. The Balaban J connectivity index is 1.87. The number of aromatic nitrogens is 1. The van der Waals surface area contributed by atoms with Crippen molar-refractivity contribution in [2.75, 3.05) is 27.4 Å². The van der Waals surface area contributed by atoms with Gasteiger partial charge in [0.15, 0.2) is 0 Å². The maximum Gasteiger partial charge on any atom is 0.255 e. The Morgan fingerprint density at radius 1 is 1.23 bits per heavy atom. The number of nitrogens with zero attached hydrogens (tertiary/aromatic N) is 2. The second kappa shape index (κ2) is 8.08. The summed E-state index contributed by atoms with van der Waals surface area (Å²) in [5, 5.41) is 0. The SMILES string of the molecule is CCOc1ccc(C(=O)N2CCCC2c2cc(OC)ccc2OC)cn1. The molecule has 0 aliphatic carbocycles. The van der Waals surface area contributed by atoms with Crippen LogP contribution in [0.5, 0.6) is 17.4 Å². The lowest BCUT2D eigenvalue weighted by Gasteiger charge is -2.26. The summed E-state index contributed by atoms with van der Waals surface area (Å²) in [5.41, 5.74) is 1.53. The molecule has 1 aromatic carbocycles. The third-order valence-electron chi connectivity index (χ3n) is 4.59. The monoisotopic (exact) mass is 356 g/mol. The zero-order valence-electron chi connectivity index (χ0n) is 15.4. The van der Waals surface area contributed by atoms with Crippen molar-refractivity contribution in [3.63, 3.8) is 0 Å². The first-order valence-electron chi connectivity index (χ1n) is 8.79. The quantitative estimate of drug-likeness (QED) is 0.793. The van der Waals surface area contributed by atoms with Crippen LogP contribution in [0, 0.1) is 0 Å². The number of hydrogen-bond donors (Lipinski definition) is 0.